The van der Waals surface area contributed by atoms with Gasteiger partial charge in [0.25, 0.3) is 5.91 Å². The average molecular weight is 363 g/mol. The standard InChI is InChI=1S/C16H14FN3O2S2/c1-11-10-24-16(22)20(11)9-14(21)18-15-19(6-7-23-15)8-12-4-2-3-5-13(12)17/h2-7,10H,8-9H2,1H3. The minimum absolute atomic E-state index is 0.0915. The van der Waals surface area contributed by atoms with E-state index in [4.69, 9.17) is 0 Å². The van der Waals surface area contributed by atoms with E-state index in [1.54, 1.807) is 46.6 Å². The lowest BCUT2D eigenvalue weighted by Crippen LogP contribution is -2.23. The molecular weight excluding hydrogens is 349 g/mol. The van der Waals surface area contributed by atoms with Gasteiger partial charge in [-0.2, -0.15) is 4.99 Å². The van der Waals surface area contributed by atoms with E-state index in [1.165, 1.54) is 22.0 Å². The molecule has 3 aromatic rings. The second-order valence-electron chi connectivity index (χ2n) is 5.14. The van der Waals surface area contributed by atoms with Crippen LogP contribution in [0.2, 0.25) is 0 Å². The van der Waals surface area contributed by atoms with E-state index >= 15 is 0 Å². The average Bonchev–Trinajstić information content (AvgIpc) is 3.11. The van der Waals surface area contributed by atoms with E-state index in [0.717, 1.165) is 17.0 Å². The van der Waals surface area contributed by atoms with Gasteiger partial charge in [0.1, 0.15) is 12.4 Å². The Hall–Kier alpha value is -2.32. The minimum Gasteiger partial charge on any atom is -0.319 e. The fourth-order valence-corrected chi connectivity index (χ4v) is 3.67. The van der Waals surface area contributed by atoms with Crippen LogP contribution in [-0.4, -0.2) is 15.0 Å². The maximum absolute atomic E-state index is 13.8. The summed E-state index contributed by atoms with van der Waals surface area (Å²) in [5.41, 5.74) is 1.26. The fraction of sp³-hybridized carbons (Fsp3) is 0.188. The zero-order chi connectivity index (χ0) is 17.1. The molecule has 24 heavy (non-hydrogen) atoms. The number of carbonyl (C=O) groups is 1. The van der Waals surface area contributed by atoms with Crippen molar-refractivity contribution in [2.45, 2.75) is 20.0 Å². The van der Waals surface area contributed by atoms with Crippen molar-refractivity contribution in [2.75, 3.05) is 0 Å². The van der Waals surface area contributed by atoms with Gasteiger partial charge in [-0.15, -0.1) is 11.3 Å². The quantitative estimate of drug-likeness (QED) is 0.715. The zero-order valence-corrected chi connectivity index (χ0v) is 14.4. The molecule has 1 aromatic carbocycles. The summed E-state index contributed by atoms with van der Waals surface area (Å²) in [5.74, 6) is -0.711. The molecular formula is C16H14FN3O2S2. The van der Waals surface area contributed by atoms with E-state index in [9.17, 15) is 14.0 Å². The molecule has 0 atom stereocenters. The van der Waals surface area contributed by atoms with Crippen molar-refractivity contribution in [3.63, 3.8) is 0 Å². The lowest BCUT2D eigenvalue weighted by Gasteiger charge is -2.04. The molecule has 0 spiro atoms. The zero-order valence-electron chi connectivity index (χ0n) is 12.8. The largest absolute Gasteiger partial charge is 0.319 e. The van der Waals surface area contributed by atoms with Crippen molar-refractivity contribution < 1.29 is 9.18 Å². The van der Waals surface area contributed by atoms with Crippen LogP contribution in [0.3, 0.4) is 0 Å². The Bertz CT molecular complexity index is 997. The number of hydrogen-bond acceptors (Lipinski definition) is 4. The molecule has 124 valence electrons. The van der Waals surface area contributed by atoms with Crippen LogP contribution < -0.4 is 9.67 Å². The molecule has 0 saturated heterocycles. The van der Waals surface area contributed by atoms with Gasteiger partial charge >= 0.3 is 4.87 Å². The Balaban J connectivity index is 1.84. The Morgan fingerprint density at radius 1 is 1.29 bits per heavy atom. The number of aryl methyl sites for hydroxylation is 1. The molecule has 0 saturated carbocycles. The second kappa shape index (κ2) is 7.06. The van der Waals surface area contributed by atoms with Crippen molar-refractivity contribution >= 4 is 28.6 Å². The topological polar surface area (TPSA) is 56.4 Å². The number of benzene rings is 1. The third-order valence-corrected chi connectivity index (χ3v) is 5.12. The minimum atomic E-state index is -0.414. The summed E-state index contributed by atoms with van der Waals surface area (Å²) in [6.07, 6.45) is 1.76. The highest BCUT2D eigenvalue weighted by atomic mass is 32.1. The van der Waals surface area contributed by atoms with Crippen LogP contribution in [0.25, 0.3) is 0 Å². The third kappa shape index (κ3) is 3.60. The summed E-state index contributed by atoms with van der Waals surface area (Å²) in [4.78, 5) is 28.2. The van der Waals surface area contributed by atoms with Crippen LogP contribution in [0, 0.1) is 12.7 Å². The first kappa shape index (κ1) is 16.5. The van der Waals surface area contributed by atoms with Crippen LogP contribution in [0.5, 0.6) is 0 Å². The lowest BCUT2D eigenvalue weighted by molar-refractivity contribution is -0.118. The van der Waals surface area contributed by atoms with E-state index < -0.39 is 5.91 Å². The van der Waals surface area contributed by atoms with Crippen LogP contribution >= 0.6 is 22.7 Å². The van der Waals surface area contributed by atoms with Crippen molar-refractivity contribution in [3.05, 3.63) is 72.8 Å². The highest BCUT2D eigenvalue weighted by Gasteiger charge is 2.09. The first-order valence-corrected chi connectivity index (χ1v) is 8.90. The number of rotatable bonds is 4. The molecule has 0 radical (unpaired) electrons. The van der Waals surface area contributed by atoms with Gasteiger partial charge in [0, 0.05) is 28.2 Å². The molecule has 5 nitrogen and oxygen atoms in total. The molecule has 0 aliphatic carbocycles. The summed E-state index contributed by atoms with van der Waals surface area (Å²) in [7, 11) is 0. The van der Waals surface area contributed by atoms with Gasteiger partial charge in [-0.25, -0.2) is 4.39 Å². The molecule has 0 bridgehead atoms. The summed E-state index contributed by atoms with van der Waals surface area (Å²) < 4.78 is 16.9. The third-order valence-electron chi connectivity index (χ3n) is 3.45. The number of hydrogen-bond donors (Lipinski definition) is 0. The van der Waals surface area contributed by atoms with Gasteiger partial charge in [-0.1, -0.05) is 29.5 Å². The van der Waals surface area contributed by atoms with Crippen LogP contribution in [0.4, 0.5) is 4.39 Å². The molecule has 0 aliphatic rings. The highest BCUT2D eigenvalue weighted by molar-refractivity contribution is 7.07. The summed E-state index contributed by atoms with van der Waals surface area (Å²) in [6.45, 7) is 1.97. The molecule has 3 rings (SSSR count). The smallest absolute Gasteiger partial charge is 0.307 e. The Labute approximate surface area is 145 Å². The van der Waals surface area contributed by atoms with Gasteiger partial charge in [0.15, 0.2) is 4.80 Å². The Morgan fingerprint density at radius 3 is 2.79 bits per heavy atom. The molecule has 0 N–H and O–H groups in total. The van der Waals surface area contributed by atoms with Crippen LogP contribution in [0.1, 0.15) is 11.3 Å². The maximum Gasteiger partial charge on any atom is 0.307 e. The maximum atomic E-state index is 13.8. The van der Waals surface area contributed by atoms with Crippen molar-refractivity contribution in [1.29, 1.82) is 0 Å². The number of aromatic nitrogens is 2. The molecule has 0 aliphatic heterocycles. The summed E-state index contributed by atoms with van der Waals surface area (Å²) >= 11 is 2.35. The molecule has 8 heteroatoms. The predicted octanol–water partition coefficient (Wildman–Crippen LogP) is 2.40. The number of carbonyl (C=O) groups excluding carboxylic acids is 1. The number of amides is 1. The van der Waals surface area contributed by atoms with Gasteiger partial charge < -0.3 is 4.57 Å². The molecule has 2 aromatic heterocycles. The van der Waals surface area contributed by atoms with Crippen LogP contribution in [-0.2, 0) is 17.9 Å². The Kier molecular flexibility index (Phi) is 4.86. The van der Waals surface area contributed by atoms with Crippen molar-refractivity contribution in [1.82, 2.24) is 9.13 Å². The van der Waals surface area contributed by atoms with Crippen molar-refractivity contribution in [3.8, 4) is 0 Å². The second-order valence-corrected chi connectivity index (χ2v) is 6.83. The summed E-state index contributed by atoms with van der Waals surface area (Å²) in [6, 6.07) is 6.49. The van der Waals surface area contributed by atoms with E-state index in [1.807, 2.05) is 0 Å². The normalized spacial score (nSPS) is 11.8. The predicted molar refractivity (Wildman–Crippen MR) is 91.7 cm³/mol. The lowest BCUT2D eigenvalue weighted by atomic mass is 10.2. The van der Waals surface area contributed by atoms with E-state index in [0.29, 0.717) is 16.9 Å². The van der Waals surface area contributed by atoms with E-state index in [-0.39, 0.29) is 17.2 Å². The fourth-order valence-electron chi connectivity index (χ4n) is 2.19. The Morgan fingerprint density at radius 2 is 2.08 bits per heavy atom. The van der Waals surface area contributed by atoms with Gasteiger partial charge in [-0.05, 0) is 13.0 Å². The molecule has 1 amide bonds. The highest BCUT2D eigenvalue weighted by Crippen LogP contribution is 2.08. The van der Waals surface area contributed by atoms with E-state index in [2.05, 4.69) is 4.99 Å². The number of thiazole rings is 2. The molecule has 2 heterocycles. The van der Waals surface area contributed by atoms with Crippen LogP contribution in [0.15, 0.2) is 51.0 Å². The first-order valence-electron chi connectivity index (χ1n) is 7.14. The van der Waals surface area contributed by atoms with Gasteiger partial charge in [0.05, 0.1) is 6.54 Å². The van der Waals surface area contributed by atoms with Gasteiger partial charge in [-0.3, -0.25) is 14.2 Å². The summed E-state index contributed by atoms with van der Waals surface area (Å²) in [5, 5.41) is 3.49. The van der Waals surface area contributed by atoms with Crippen molar-refractivity contribution in [2.24, 2.45) is 4.99 Å². The SMILES string of the molecule is Cc1csc(=O)n1CC(=O)N=c1sccn1Cc1ccccc1F. The number of halogens is 1. The molecule has 0 unspecified atom stereocenters. The first-order chi connectivity index (χ1) is 11.5. The van der Waals surface area contributed by atoms with Gasteiger partial charge in [0.2, 0.25) is 0 Å². The monoisotopic (exact) mass is 363 g/mol. The molecule has 0 fully saturated rings. The number of nitrogens with zero attached hydrogens (tertiary/aromatic N) is 3.